The maximum Gasteiger partial charge on any atom is 0.268 e. The Balaban J connectivity index is 1.30. The molecule has 32 heavy (non-hydrogen) atoms. The molecular weight excluding hydrogens is 408 g/mol. The van der Waals surface area contributed by atoms with Crippen molar-refractivity contribution in [2.75, 3.05) is 46.9 Å². The highest BCUT2D eigenvalue weighted by Crippen LogP contribution is 2.35. The number of carbonyl (C=O) groups is 2. The van der Waals surface area contributed by atoms with E-state index in [9.17, 15) is 9.59 Å². The summed E-state index contributed by atoms with van der Waals surface area (Å²) in [6.45, 7) is 3.80. The molecule has 1 aliphatic heterocycles. The molecule has 0 unspecified atom stereocenters. The van der Waals surface area contributed by atoms with Crippen molar-refractivity contribution in [3.8, 4) is 11.5 Å². The van der Waals surface area contributed by atoms with Gasteiger partial charge in [-0.2, -0.15) is 0 Å². The summed E-state index contributed by atoms with van der Waals surface area (Å²) in [5, 5.41) is 3.48. The molecule has 0 saturated carbocycles. The Morgan fingerprint density at radius 1 is 1.00 bits per heavy atom. The minimum atomic E-state index is -0.335. The molecule has 0 spiro atoms. The Kier molecular flexibility index (Phi) is 6.61. The van der Waals surface area contributed by atoms with Gasteiger partial charge in [0.05, 0.1) is 26.3 Å². The lowest BCUT2D eigenvalue weighted by Crippen LogP contribution is -2.50. The summed E-state index contributed by atoms with van der Waals surface area (Å²) in [6.07, 6.45) is 0. The zero-order valence-corrected chi connectivity index (χ0v) is 18.4. The maximum absolute atomic E-state index is 12.6. The number of methoxy groups -OCH3 is 2. The lowest BCUT2D eigenvalue weighted by Gasteiger charge is -2.34. The highest BCUT2D eigenvalue weighted by molar-refractivity contribution is 6.01. The van der Waals surface area contributed by atoms with Gasteiger partial charge >= 0.3 is 0 Å². The summed E-state index contributed by atoms with van der Waals surface area (Å²) in [5.41, 5.74) is 2.40. The van der Waals surface area contributed by atoms with E-state index in [0.717, 1.165) is 30.5 Å². The topological polar surface area (TPSA) is 86.9 Å². The number of hydrogen-bond donors (Lipinski definition) is 2. The Morgan fingerprint density at radius 2 is 1.75 bits per heavy atom. The van der Waals surface area contributed by atoms with Gasteiger partial charge in [0.2, 0.25) is 5.91 Å². The molecule has 8 nitrogen and oxygen atoms in total. The third-order valence-corrected chi connectivity index (χ3v) is 5.76. The molecule has 0 radical (unpaired) electrons. The van der Waals surface area contributed by atoms with Gasteiger partial charge < -0.3 is 24.7 Å². The van der Waals surface area contributed by atoms with Gasteiger partial charge in [0, 0.05) is 38.1 Å². The molecule has 0 aliphatic carbocycles. The number of piperazine rings is 1. The molecular formula is C24H28N4O4. The van der Waals surface area contributed by atoms with Crippen LogP contribution in [0.5, 0.6) is 11.5 Å². The number of aromatic amines is 1. The van der Waals surface area contributed by atoms with Crippen LogP contribution in [0.1, 0.15) is 16.1 Å². The van der Waals surface area contributed by atoms with Gasteiger partial charge in [-0.3, -0.25) is 14.5 Å². The number of hydrogen-bond acceptors (Lipinski definition) is 5. The highest BCUT2D eigenvalue weighted by Gasteiger charge is 2.22. The van der Waals surface area contributed by atoms with E-state index in [0.29, 0.717) is 30.3 Å². The minimum Gasteiger partial charge on any atom is -0.493 e. The number of aromatic nitrogens is 1. The SMILES string of the molecule is COc1ccc2[nH]c(C(=O)NCC(=O)N3CCN(Cc4ccccc4)CC3)cc2c1OC. The molecule has 4 rings (SSSR count). The van der Waals surface area contributed by atoms with Crippen molar-refractivity contribution in [3.63, 3.8) is 0 Å². The van der Waals surface area contributed by atoms with Crippen LogP contribution in [0.4, 0.5) is 0 Å². The van der Waals surface area contributed by atoms with E-state index in [4.69, 9.17) is 9.47 Å². The molecule has 2 aromatic carbocycles. The predicted molar refractivity (Wildman–Crippen MR) is 122 cm³/mol. The van der Waals surface area contributed by atoms with E-state index in [2.05, 4.69) is 27.3 Å². The number of carbonyl (C=O) groups excluding carboxylic acids is 2. The number of ether oxygens (including phenoxy) is 2. The fourth-order valence-corrected chi connectivity index (χ4v) is 4.01. The number of fused-ring (bicyclic) bond motifs is 1. The maximum atomic E-state index is 12.6. The molecule has 2 N–H and O–H groups in total. The smallest absolute Gasteiger partial charge is 0.268 e. The monoisotopic (exact) mass is 436 g/mol. The molecule has 1 saturated heterocycles. The van der Waals surface area contributed by atoms with Crippen LogP contribution < -0.4 is 14.8 Å². The zero-order chi connectivity index (χ0) is 22.5. The standard InChI is InChI=1S/C24H28N4O4/c1-31-21-9-8-19-18(23(21)32-2)14-20(26-19)24(30)25-15-22(29)28-12-10-27(11-13-28)16-17-6-4-3-5-7-17/h3-9,14,26H,10-13,15-16H2,1-2H3,(H,25,30). The Hall–Kier alpha value is -3.52. The summed E-state index contributed by atoms with van der Waals surface area (Å²) in [5.74, 6) is 0.739. The molecule has 1 aliphatic rings. The Morgan fingerprint density at radius 3 is 2.44 bits per heavy atom. The molecule has 8 heteroatoms. The first-order chi connectivity index (χ1) is 15.6. The second-order valence-electron chi connectivity index (χ2n) is 7.77. The second kappa shape index (κ2) is 9.74. The van der Waals surface area contributed by atoms with E-state index in [-0.39, 0.29) is 18.4 Å². The van der Waals surface area contributed by atoms with Crippen molar-refractivity contribution in [3.05, 3.63) is 59.8 Å². The van der Waals surface area contributed by atoms with Crippen molar-refractivity contribution in [1.29, 1.82) is 0 Å². The third-order valence-electron chi connectivity index (χ3n) is 5.76. The van der Waals surface area contributed by atoms with Crippen LogP contribution in [0.15, 0.2) is 48.5 Å². The third kappa shape index (κ3) is 4.70. The molecule has 0 bridgehead atoms. The van der Waals surface area contributed by atoms with Crippen LogP contribution in [0.3, 0.4) is 0 Å². The summed E-state index contributed by atoms with van der Waals surface area (Å²) < 4.78 is 10.7. The average Bonchev–Trinajstić information content (AvgIpc) is 3.27. The summed E-state index contributed by atoms with van der Waals surface area (Å²) in [7, 11) is 3.12. The number of nitrogens with zero attached hydrogens (tertiary/aromatic N) is 2. The molecule has 1 aromatic heterocycles. The lowest BCUT2D eigenvalue weighted by molar-refractivity contribution is -0.131. The molecule has 3 aromatic rings. The van der Waals surface area contributed by atoms with Crippen LogP contribution in [0.2, 0.25) is 0 Å². The van der Waals surface area contributed by atoms with Crippen LogP contribution in [-0.2, 0) is 11.3 Å². The van der Waals surface area contributed by atoms with Crippen molar-refractivity contribution in [1.82, 2.24) is 20.1 Å². The van der Waals surface area contributed by atoms with E-state index in [1.165, 1.54) is 5.56 Å². The van der Waals surface area contributed by atoms with E-state index < -0.39 is 0 Å². The highest BCUT2D eigenvalue weighted by atomic mass is 16.5. The van der Waals surface area contributed by atoms with Gasteiger partial charge in [-0.15, -0.1) is 0 Å². The van der Waals surface area contributed by atoms with E-state index >= 15 is 0 Å². The summed E-state index contributed by atoms with van der Waals surface area (Å²) in [6, 6.07) is 15.6. The van der Waals surface area contributed by atoms with Crippen molar-refractivity contribution in [2.45, 2.75) is 6.54 Å². The van der Waals surface area contributed by atoms with Gasteiger partial charge in [0.15, 0.2) is 11.5 Å². The van der Waals surface area contributed by atoms with E-state index in [1.807, 2.05) is 24.3 Å². The molecule has 2 amide bonds. The zero-order valence-electron chi connectivity index (χ0n) is 18.4. The number of amides is 2. The number of benzene rings is 2. The van der Waals surface area contributed by atoms with E-state index in [1.54, 1.807) is 31.3 Å². The lowest BCUT2D eigenvalue weighted by atomic mass is 10.2. The minimum absolute atomic E-state index is 0.0344. The molecule has 0 atom stereocenters. The Bertz CT molecular complexity index is 1090. The van der Waals surface area contributed by atoms with Crippen molar-refractivity contribution >= 4 is 22.7 Å². The van der Waals surface area contributed by atoms with Crippen LogP contribution in [-0.4, -0.2) is 73.5 Å². The molecule has 2 heterocycles. The first-order valence-electron chi connectivity index (χ1n) is 10.6. The average molecular weight is 437 g/mol. The van der Waals surface area contributed by atoms with Crippen molar-refractivity contribution < 1.29 is 19.1 Å². The van der Waals surface area contributed by atoms with Gasteiger partial charge in [-0.05, 0) is 23.8 Å². The van der Waals surface area contributed by atoms with Gasteiger partial charge in [-0.25, -0.2) is 0 Å². The normalized spacial score (nSPS) is 14.4. The van der Waals surface area contributed by atoms with Crippen LogP contribution >= 0.6 is 0 Å². The van der Waals surface area contributed by atoms with Gasteiger partial charge in [0.1, 0.15) is 5.69 Å². The fourth-order valence-electron chi connectivity index (χ4n) is 4.01. The first kappa shape index (κ1) is 21.7. The summed E-state index contributed by atoms with van der Waals surface area (Å²) in [4.78, 5) is 32.4. The largest absolute Gasteiger partial charge is 0.493 e. The summed E-state index contributed by atoms with van der Waals surface area (Å²) >= 11 is 0. The van der Waals surface area contributed by atoms with Crippen LogP contribution in [0.25, 0.3) is 10.9 Å². The Labute approximate surface area is 187 Å². The van der Waals surface area contributed by atoms with Gasteiger partial charge in [0.25, 0.3) is 5.91 Å². The van der Waals surface area contributed by atoms with Crippen molar-refractivity contribution in [2.24, 2.45) is 0 Å². The quantitative estimate of drug-likeness (QED) is 0.593. The van der Waals surface area contributed by atoms with Gasteiger partial charge in [-0.1, -0.05) is 30.3 Å². The number of nitrogens with one attached hydrogen (secondary N) is 2. The predicted octanol–water partition coefficient (Wildman–Crippen LogP) is 2.26. The second-order valence-corrected chi connectivity index (χ2v) is 7.77. The van der Waals surface area contributed by atoms with Crippen LogP contribution in [0, 0.1) is 0 Å². The molecule has 168 valence electrons. The fraction of sp³-hybridized carbons (Fsp3) is 0.333. The number of H-pyrrole nitrogens is 1. The molecule has 1 fully saturated rings. The number of rotatable bonds is 7. The first-order valence-corrected chi connectivity index (χ1v) is 10.6.